The molecule has 0 unspecified atom stereocenters. The highest BCUT2D eigenvalue weighted by atomic mass is 127. The lowest BCUT2D eigenvalue weighted by Gasteiger charge is -2.09. The van der Waals surface area contributed by atoms with Gasteiger partial charge in [0.25, 0.3) is 0 Å². The summed E-state index contributed by atoms with van der Waals surface area (Å²) >= 11 is 13.6. The Kier molecular flexibility index (Phi) is 5.40. The van der Waals surface area contributed by atoms with Gasteiger partial charge in [-0.3, -0.25) is 4.79 Å². The highest BCUT2D eigenvalue weighted by Gasteiger charge is 2.12. The lowest BCUT2D eigenvalue weighted by molar-refractivity contribution is -0.115. The van der Waals surface area contributed by atoms with Crippen LogP contribution in [0, 0.1) is 15.2 Å². The monoisotopic (exact) mass is 441 g/mol. The van der Waals surface area contributed by atoms with Gasteiger partial charge in [-0.25, -0.2) is 8.78 Å². The van der Waals surface area contributed by atoms with Crippen LogP contribution in [0.5, 0.6) is 0 Å². The predicted octanol–water partition coefficient (Wildman–Crippen LogP) is 5.06. The van der Waals surface area contributed by atoms with Gasteiger partial charge in [-0.05, 0) is 46.4 Å². The molecule has 0 aromatic heterocycles. The zero-order valence-corrected chi connectivity index (χ0v) is 14.1. The Labute approximate surface area is 143 Å². The lowest BCUT2D eigenvalue weighted by atomic mass is 10.1. The summed E-state index contributed by atoms with van der Waals surface area (Å²) < 4.78 is 26.6. The van der Waals surface area contributed by atoms with E-state index in [-0.39, 0.29) is 18.0 Å². The molecule has 1 amide bonds. The number of carbonyl (C=O) groups excluding carboxylic acids is 1. The molecule has 2 aromatic rings. The SMILES string of the molecule is O=C(Cc1ccc(Cl)cc1Cl)Nc1cc(F)c(F)cc1I. The smallest absolute Gasteiger partial charge is 0.228 e. The van der Waals surface area contributed by atoms with E-state index in [2.05, 4.69) is 5.32 Å². The van der Waals surface area contributed by atoms with E-state index in [0.717, 1.165) is 12.1 Å². The highest BCUT2D eigenvalue weighted by Crippen LogP contribution is 2.24. The topological polar surface area (TPSA) is 29.1 Å². The van der Waals surface area contributed by atoms with Crippen LogP contribution in [0.25, 0.3) is 0 Å². The molecule has 0 spiro atoms. The van der Waals surface area contributed by atoms with Crippen LogP contribution < -0.4 is 5.32 Å². The first-order valence-electron chi connectivity index (χ1n) is 5.75. The second kappa shape index (κ2) is 6.89. The van der Waals surface area contributed by atoms with Crippen LogP contribution in [0.2, 0.25) is 10.0 Å². The number of amides is 1. The molecule has 0 radical (unpaired) electrons. The van der Waals surface area contributed by atoms with E-state index in [1.54, 1.807) is 12.1 Å². The Hall–Kier alpha value is -0.920. The van der Waals surface area contributed by atoms with Gasteiger partial charge in [-0.2, -0.15) is 0 Å². The highest BCUT2D eigenvalue weighted by molar-refractivity contribution is 14.1. The maximum atomic E-state index is 13.2. The number of hydrogen-bond donors (Lipinski definition) is 1. The van der Waals surface area contributed by atoms with E-state index >= 15 is 0 Å². The minimum Gasteiger partial charge on any atom is -0.325 e. The molecular formula is C14H8Cl2F2INO. The maximum absolute atomic E-state index is 13.2. The first-order valence-corrected chi connectivity index (χ1v) is 7.58. The zero-order chi connectivity index (χ0) is 15.6. The molecule has 0 atom stereocenters. The van der Waals surface area contributed by atoms with Gasteiger partial charge in [0.1, 0.15) is 0 Å². The number of anilines is 1. The van der Waals surface area contributed by atoms with Crippen molar-refractivity contribution in [3.8, 4) is 0 Å². The van der Waals surface area contributed by atoms with E-state index in [4.69, 9.17) is 23.2 Å². The molecule has 1 N–H and O–H groups in total. The third-order valence-electron chi connectivity index (χ3n) is 2.65. The van der Waals surface area contributed by atoms with Crippen molar-refractivity contribution in [2.24, 2.45) is 0 Å². The summed E-state index contributed by atoms with van der Waals surface area (Å²) in [6, 6.07) is 6.75. The molecule has 0 aliphatic heterocycles. The molecule has 2 aromatic carbocycles. The summed E-state index contributed by atoms with van der Waals surface area (Å²) in [6.45, 7) is 0. The van der Waals surface area contributed by atoms with Crippen LogP contribution in [-0.4, -0.2) is 5.91 Å². The van der Waals surface area contributed by atoms with Crippen molar-refractivity contribution in [3.05, 3.63) is 61.1 Å². The second-order valence-corrected chi connectivity index (χ2v) is 6.21. The molecule has 2 nitrogen and oxygen atoms in total. The van der Waals surface area contributed by atoms with E-state index in [1.165, 1.54) is 6.07 Å². The van der Waals surface area contributed by atoms with Gasteiger partial charge >= 0.3 is 0 Å². The fourth-order valence-electron chi connectivity index (χ4n) is 1.65. The Balaban J connectivity index is 2.13. The van der Waals surface area contributed by atoms with Crippen molar-refractivity contribution in [1.82, 2.24) is 0 Å². The molecule has 0 aliphatic rings. The van der Waals surface area contributed by atoms with E-state index in [0.29, 0.717) is 19.2 Å². The normalized spacial score (nSPS) is 10.5. The van der Waals surface area contributed by atoms with E-state index in [9.17, 15) is 13.6 Å². The molecule has 7 heteroatoms. The van der Waals surface area contributed by atoms with Crippen LogP contribution in [0.15, 0.2) is 30.3 Å². The molecule has 2 rings (SSSR count). The fourth-order valence-corrected chi connectivity index (χ4v) is 2.69. The van der Waals surface area contributed by atoms with Crippen molar-refractivity contribution < 1.29 is 13.6 Å². The van der Waals surface area contributed by atoms with Gasteiger partial charge in [-0.15, -0.1) is 0 Å². The molecule has 0 heterocycles. The Morgan fingerprint density at radius 3 is 2.48 bits per heavy atom. The number of nitrogens with one attached hydrogen (secondary N) is 1. The molecule has 0 saturated heterocycles. The van der Waals surface area contributed by atoms with Gasteiger partial charge in [0.15, 0.2) is 11.6 Å². The molecule has 21 heavy (non-hydrogen) atoms. The number of halogens is 5. The van der Waals surface area contributed by atoms with Gasteiger partial charge in [0, 0.05) is 19.7 Å². The quantitative estimate of drug-likeness (QED) is 0.523. The minimum absolute atomic E-state index is 0.00504. The van der Waals surface area contributed by atoms with Crippen molar-refractivity contribution >= 4 is 57.4 Å². The summed E-state index contributed by atoms with van der Waals surface area (Å²) in [6.07, 6.45) is 0.00504. The fraction of sp³-hybridized carbons (Fsp3) is 0.0714. The minimum atomic E-state index is -1.02. The van der Waals surface area contributed by atoms with Gasteiger partial charge in [0.2, 0.25) is 5.91 Å². The average molecular weight is 442 g/mol. The number of hydrogen-bond acceptors (Lipinski definition) is 1. The van der Waals surface area contributed by atoms with Crippen molar-refractivity contribution in [2.75, 3.05) is 5.32 Å². The Bertz CT molecular complexity index is 710. The standard InChI is InChI=1S/C14H8Cl2F2INO/c15-8-2-1-7(9(16)4-8)3-14(21)20-13-6-11(18)10(17)5-12(13)19/h1-2,4-6H,3H2,(H,20,21). The predicted molar refractivity (Wildman–Crippen MR) is 87.9 cm³/mol. The van der Waals surface area contributed by atoms with Crippen LogP contribution in [-0.2, 0) is 11.2 Å². The van der Waals surface area contributed by atoms with Crippen molar-refractivity contribution in [2.45, 2.75) is 6.42 Å². The molecular weight excluding hydrogens is 434 g/mol. The number of benzene rings is 2. The Morgan fingerprint density at radius 2 is 1.81 bits per heavy atom. The van der Waals surface area contributed by atoms with Gasteiger partial charge < -0.3 is 5.32 Å². The van der Waals surface area contributed by atoms with Gasteiger partial charge in [0.05, 0.1) is 12.1 Å². The molecule has 110 valence electrons. The van der Waals surface area contributed by atoms with Crippen molar-refractivity contribution in [1.29, 1.82) is 0 Å². The summed E-state index contributed by atoms with van der Waals surface area (Å²) in [5.41, 5.74) is 0.806. The maximum Gasteiger partial charge on any atom is 0.228 e. The summed E-state index contributed by atoms with van der Waals surface area (Å²) in [4.78, 5) is 11.9. The third-order valence-corrected chi connectivity index (χ3v) is 4.13. The third kappa shape index (κ3) is 4.28. The van der Waals surface area contributed by atoms with E-state index < -0.39 is 11.6 Å². The largest absolute Gasteiger partial charge is 0.325 e. The lowest BCUT2D eigenvalue weighted by Crippen LogP contribution is -2.15. The average Bonchev–Trinajstić information content (AvgIpc) is 2.39. The van der Waals surface area contributed by atoms with Crippen LogP contribution >= 0.6 is 45.8 Å². The van der Waals surface area contributed by atoms with Crippen LogP contribution in [0.3, 0.4) is 0 Å². The van der Waals surface area contributed by atoms with Crippen LogP contribution in [0.1, 0.15) is 5.56 Å². The number of carbonyl (C=O) groups is 1. The van der Waals surface area contributed by atoms with E-state index in [1.807, 2.05) is 22.6 Å². The first kappa shape index (κ1) is 16.5. The van der Waals surface area contributed by atoms with Crippen LogP contribution in [0.4, 0.5) is 14.5 Å². The summed E-state index contributed by atoms with van der Waals surface area (Å²) in [5.74, 6) is -2.36. The van der Waals surface area contributed by atoms with Gasteiger partial charge in [-0.1, -0.05) is 29.3 Å². The summed E-state index contributed by atoms with van der Waals surface area (Å²) in [5, 5.41) is 3.37. The molecule has 0 fully saturated rings. The Morgan fingerprint density at radius 1 is 1.14 bits per heavy atom. The molecule has 0 bridgehead atoms. The number of rotatable bonds is 3. The molecule has 0 aliphatic carbocycles. The van der Waals surface area contributed by atoms with Crippen molar-refractivity contribution in [3.63, 3.8) is 0 Å². The molecule has 0 saturated carbocycles. The zero-order valence-electron chi connectivity index (χ0n) is 10.4. The summed E-state index contributed by atoms with van der Waals surface area (Å²) in [7, 11) is 0. The second-order valence-electron chi connectivity index (χ2n) is 4.21. The first-order chi connectivity index (χ1) is 9.86.